The van der Waals surface area contributed by atoms with Crippen molar-refractivity contribution < 1.29 is 23.8 Å². The second-order valence-electron chi connectivity index (χ2n) is 5.73. The number of alkyl carbamates (subject to hydrolysis) is 1. The van der Waals surface area contributed by atoms with Crippen molar-refractivity contribution in [3.8, 4) is 0 Å². The highest BCUT2D eigenvalue weighted by molar-refractivity contribution is 5.93. The van der Waals surface area contributed by atoms with E-state index in [1.807, 2.05) is 13.8 Å². The lowest BCUT2D eigenvalue weighted by Crippen LogP contribution is -2.44. The van der Waals surface area contributed by atoms with Crippen LogP contribution in [0.3, 0.4) is 0 Å². The van der Waals surface area contributed by atoms with E-state index in [2.05, 4.69) is 5.32 Å². The largest absolute Gasteiger partial charge is 0.461 e. The van der Waals surface area contributed by atoms with Crippen LogP contribution in [-0.2, 0) is 19.0 Å². The van der Waals surface area contributed by atoms with E-state index in [-0.39, 0.29) is 29.3 Å². The molecule has 1 saturated heterocycles. The number of nitrogens with one attached hydrogen (secondary N) is 1. The van der Waals surface area contributed by atoms with Gasteiger partial charge in [-0.25, -0.2) is 4.79 Å². The Kier molecular flexibility index (Phi) is 3.01. The lowest BCUT2D eigenvalue weighted by atomic mass is 9.81. The van der Waals surface area contributed by atoms with Crippen LogP contribution < -0.4 is 5.32 Å². The normalized spacial score (nSPS) is 40.9. The van der Waals surface area contributed by atoms with Crippen LogP contribution in [0.1, 0.15) is 27.2 Å². The fourth-order valence-corrected chi connectivity index (χ4v) is 3.45. The number of carbonyl (C=O) groups is 2. The van der Waals surface area contributed by atoms with E-state index in [4.69, 9.17) is 14.2 Å². The number of amides is 1. The van der Waals surface area contributed by atoms with Gasteiger partial charge in [-0.3, -0.25) is 4.79 Å². The van der Waals surface area contributed by atoms with Crippen molar-refractivity contribution in [1.29, 1.82) is 0 Å². The molecule has 0 bridgehead atoms. The third kappa shape index (κ3) is 1.90. The van der Waals surface area contributed by atoms with E-state index >= 15 is 0 Å². The summed E-state index contributed by atoms with van der Waals surface area (Å²) in [5, 5.41) is 2.58. The van der Waals surface area contributed by atoms with Crippen LogP contribution in [0, 0.1) is 11.8 Å². The molecule has 6 heteroatoms. The van der Waals surface area contributed by atoms with E-state index in [9.17, 15) is 9.59 Å². The van der Waals surface area contributed by atoms with E-state index in [1.165, 1.54) is 13.2 Å². The summed E-state index contributed by atoms with van der Waals surface area (Å²) in [4.78, 5) is 23.3. The molecular formula is C14H19NO5. The summed E-state index contributed by atoms with van der Waals surface area (Å²) in [5.41, 5.74) is 0.319. The maximum Gasteiger partial charge on any atom is 0.410 e. The molecule has 0 aromatic rings. The van der Waals surface area contributed by atoms with E-state index < -0.39 is 12.4 Å². The van der Waals surface area contributed by atoms with Crippen molar-refractivity contribution in [2.24, 2.45) is 11.8 Å². The quantitative estimate of drug-likeness (QED) is 0.790. The fourth-order valence-electron chi connectivity index (χ4n) is 3.45. The number of ketones is 1. The average Bonchev–Trinajstić information content (AvgIpc) is 2.91. The van der Waals surface area contributed by atoms with Gasteiger partial charge in [-0.2, -0.15) is 0 Å². The molecule has 0 radical (unpaired) electrons. The first kappa shape index (κ1) is 13.4. The van der Waals surface area contributed by atoms with Crippen LogP contribution in [0.4, 0.5) is 4.79 Å². The highest BCUT2D eigenvalue weighted by Gasteiger charge is 2.70. The van der Waals surface area contributed by atoms with Crippen LogP contribution in [0.25, 0.3) is 0 Å². The number of fused-ring (bicyclic) bond motifs is 3. The molecule has 20 heavy (non-hydrogen) atoms. The van der Waals surface area contributed by atoms with Crippen LogP contribution in [-0.4, -0.2) is 36.4 Å². The molecule has 110 valence electrons. The summed E-state index contributed by atoms with van der Waals surface area (Å²) >= 11 is 0. The summed E-state index contributed by atoms with van der Waals surface area (Å²) < 4.78 is 16.5. The zero-order valence-electron chi connectivity index (χ0n) is 11.8. The molecule has 5 atom stereocenters. The topological polar surface area (TPSA) is 77.2 Å². The monoisotopic (exact) mass is 281 g/mol. The number of Topliss-reactive ketones (excluding diaryl/α,β-unsaturated/α-hetero) is 1. The molecule has 1 N–H and O–H groups in total. The summed E-state index contributed by atoms with van der Waals surface area (Å²) in [6, 6.07) is 0. The molecule has 3 aliphatic rings. The molecule has 1 aliphatic carbocycles. The standard InChI is InChI=1S/C14H19NO5/c1-4-15-13(17)19-12-11-8(5-10-14(11,3)20-10)9(6-18-12)7(2)16/h6,8,10-12H,4-5H2,1-3H3,(H,15,17)/t8-,10+,11-,12+,14+/m1/s1. The lowest BCUT2D eigenvalue weighted by molar-refractivity contribution is -0.141. The average molecular weight is 281 g/mol. The van der Waals surface area contributed by atoms with Crippen LogP contribution in [0.15, 0.2) is 11.8 Å². The predicted molar refractivity (Wildman–Crippen MR) is 68.7 cm³/mol. The molecule has 0 aromatic carbocycles. The van der Waals surface area contributed by atoms with Crippen LogP contribution in [0.5, 0.6) is 0 Å². The maximum absolute atomic E-state index is 11.7. The lowest BCUT2D eigenvalue weighted by Gasteiger charge is -2.35. The molecule has 2 heterocycles. The molecule has 6 nitrogen and oxygen atoms in total. The van der Waals surface area contributed by atoms with Crippen molar-refractivity contribution in [3.63, 3.8) is 0 Å². The van der Waals surface area contributed by atoms with Crippen molar-refractivity contribution >= 4 is 11.9 Å². The highest BCUT2D eigenvalue weighted by Crippen LogP contribution is 2.60. The Morgan fingerprint density at radius 1 is 1.55 bits per heavy atom. The number of epoxide rings is 1. The minimum Gasteiger partial charge on any atom is -0.461 e. The number of ether oxygens (including phenoxy) is 3. The van der Waals surface area contributed by atoms with Gasteiger partial charge in [0.25, 0.3) is 6.29 Å². The Bertz CT molecular complexity index is 488. The van der Waals surface area contributed by atoms with Crippen molar-refractivity contribution in [1.82, 2.24) is 5.32 Å². The third-order valence-electron chi connectivity index (χ3n) is 4.51. The summed E-state index contributed by atoms with van der Waals surface area (Å²) in [6.45, 7) is 5.83. The fraction of sp³-hybridized carbons (Fsp3) is 0.714. The van der Waals surface area contributed by atoms with Gasteiger partial charge in [-0.1, -0.05) is 0 Å². The number of hydrogen-bond acceptors (Lipinski definition) is 5. The second-order valence-corrected chi connectivity index (χ2v) is 5.73. The predicted octanol–water partition coefficient (Wildman–Crippen LogP) is 1.36. The minimum atomic E-state index is -0.702. The Hall–Kier alpha value is -1.56. The molecule has 3 rings (SSSR count). The van der Waals surface area contributed by atoms with Gasteiger partial charge in [-0.05, 0) is 27.2 Å². The molecule has 0 unspecified atom stereocenters. The number of carbonyl (C=O) groups excluding carboxylic acids is 2. The van der Waals surface area contributed by atoms with Gasteiger partial charge in [0.15, 0.2) is 5.78 Å². The Morgan fingerprint density at radius 3 is 2.95 bits per heavy atom. The van der Waals surface area contributed by atoms with Gasteiger partial charge in [0.1, 0.15) is 5.60 Å². The third-order valence-corrected chi connectivity index (χ3v) is 4.51. The van der Waals surface area contributed by atoms with E-state index in [1.54, 1.807) is 0 Å². The Labute approximate surface area is 117 Å². The van der Waals surface area contributed by atoms with E-state index in [0.29, 0.717) is 12.1 Å². The van der Waals surface area contributed by atoms with Crippen LogP contribution >= 0.6 is 0 Å². The SMILES string of the molecule is CCNC(=O)O[C@@H]1OC=C(C(C)=O)[C@H]2C[C@@H]3O[C@]3(C)[C@@H]12. The highest BCUT2D eigenvalue weighted by atomic mass is 16.7. The zero-order valence-corrected chi connectivity index (χ0v) is 11.8. The molecule has 1 amide bonds. The first-order valence-electron chi connectivity index (χ1n) is 6.96. The molecule has 2 fully saturated rings. The Morgan fingerprint density at radius 2 is 2.30 bits per heavy atom. The number of hydrogen-bond donors (Lipinski definition) is 1. The smallest absolute Gasteiger partial charge is 0.410 e. The molecular weight excluding hydrogens is 262 g/mol. The van der Waals surface area contributed by atoms with Gasteiger partial charge in [0.2, 0.25) is 0 Å². The maximum atomic E-state index is 11.7. The molecule has 1 saturated carbocycles. The first-order valence-corrected chi connectivity index (χ1v) is 6.96. The molecule has 2 aliphatic heterocycles. The van der Waals surface area contributed by atoms with Crippen molar-refractivity contribution in [3.05, 3.63) is 11.8 Å². The van der Waals surface area contributed by atoms with Gasteiger partial charge in [-0.15, -0.1) is 0 Å². The second kappa shape index (κ2) is 4.48. The Balaban J connectivity index is 1.82. The zero-order chi connectivity index (χ0) is 14.5. The van der Waals surface area contributed by atoms with Crippen molar-refractivity contribution in [2.45, 2.75) is 45.2 Å². The number of allylic oxidation sites excluding steroid dienone is 1. The number of rotatable bonds is 3. The van der Waals surface area contributed by atoms with Crippen molar-refractivity contribution in [2.75, 3.05) is 6.54 Å². The van der Waals surface area contributed by atoms with Gasteiger partial charge in [0, 0.05) is 18.0 Å². The molecule has 0 spiro atoms. The summed E-state index contributed by atoms with van der Waals surface area (Å²) in [7, 11) is 0. The van der Waals surface area contributed by atoms with Gasteiger partial charge < -0.3 is 19.5 Å². The minimum absolute atomic E-state index is 0.00126. The first-order chi connectivity index (χ1) is 9.47. The molecule has 0 aromatic heterocycles. The van der Waals surface area contributed by atoms with E-state index in [0.717, 1.165) is 6.42 Å². The summed E-state index contributed by atoms with van der Waals surface area (Å²) in [5.74, 6) is -0.0789. The van der Waals surface area contributed by atoms with Gasteiger partial charge in [0.05, 0.1) is 18.3 Å². The summed E-state index contributed by atoms with van der Waals surface area (Å²) in [6.07, 6.45) is 1.14. The van der Waals surface area contributed by atoms with Crippen LogP contribution in [0.2, 0.25) is 0 Å². The van der Waals surface area contributed by atoms with Gasteiger partial charge >= 0.3 is 6.09 Å².